The van der Waals surface area contributed by atoms with E-state index in [1.54, 1.807) is 20.5 Å². The molecule has 6 heteroatoms. The minimum Gasteiger partial charge on any atom is -0.385 e. The van der Waals surface area contributed by atoms with Gasteiger partial charge in [-0.15, -0.1) is 0 Å². The van der Waals surface area contributed by atoms with Gasteiger partial charge in [0.05, 0.1) is 0 Å². The predicted octanol–water partition coefficient (Wildman–Crippen LogP) is 5.77. The Morgan fingerprint density at radius 1 is 0.667 bits per heavy atom. The number of methoxy groups -OCH3 is 2. The van der Waals surface area contributed by atoms with Crippen LogP contribution in [0.1, 0.15) is 48.6 Å². The molecule has 3 aromatic rings. The first-order valence-corrected chi connectivity index (χ1v) is 12.9. The summed E-state index contributed by atoms with van der Waals surface area (Å²) in [6.07, 6.45) is 5.89. The van der Waals surface area contributed by atoms with E-state index in [-0.39, 0.29) is 0 Å². The molecule has 0 bridgehead atoms. The highest BCUT2D eigenvalue weighted by molar-refractivity contribution is 5.50. The summed E-state index contributed by atoms with van der Waals surface area (Å²) >= 11 is 0. The van der Waals surface area contributed by atoms with Crippen LogP contribution in [0.3, 0.4) is 0 Å². The number of benzene rings is 2. The van der Waals surface area contributed by atoms with Crippen molar-refractivity contribution in [3.8, 4) is 0 Å². The van der Waals surface area contributed by atoms with Crippen LogP contribution in [0.25, 0.3) is 0 Å². The number of anilines is 2. The van der Waals surface area contributed by atoms with Crippen molar-refractivity contribution in [3.63, 3.8) is 0 Å². The first kappa shape index (κ1) is 27.6. The van der Waals surface area contributed by atoms with Crippen LogP contribution in [0, 0.1) is 0 Å². The van der Waals surface area contributed by atoms with Crippen molar-refractivity contribution in [1.29, 1.82) is 0 Å². The van der Waals surface area contributed by atoms with E-state index in [1.165, 1.54) is 11.1 Å². The van der Waals surface area contributed by atoms with Crippen molar-refractivity contribution in [1.82, 2.24) is 9.97 Å². The van der Waals surface area contributed by atoms with Gasteiger partial charge >= 0.3 is 0 Å². The molecule has 0 spiro atoms. The molecule has 3 rings (SSSR count). The molecule has 0 aliphatic heterocycles. The van der Waals surface area contributed by atoms with Gasteiger partial charge in [-0.1, -0.05) is 60.7 Å². The number of ether oxygens (including phenoxy) is 2. The molecule has 36 heavy (non-hydrogen) atoms. The molecule has 0 fully saturated rings. The zero-order valence-corrected chi connectivity index (χ0v) is 22.3. The Morgan fingerprint density at radius 3 is 1.47 bits per heavy atom. The first-order valence-electron chi connectivity index (χ1n) is 12.9. The molecule has 0 saturated heterocycles. The SMILES string of the molecule is COCCCC(CN(C)c1cc(N(C)CC(CCCOC)c2ccccc2)ncn1)c1ccccc1. The van der Waals surface area contributed by atoms with Gasteiger partial charge in [0, 0.05) is 72.5 Å². The lowest BCUT2D eigenvalue weighted by atomic mass is 9.93. The molecular formula is C30H42N4O2. The third-order valence-electron chi connectivity index (χ3n) is 6.75. The summed E-state index contributed by atoms with van der Waals surface area (Å²) in [5.74, 6) is 2.70. The number of hydrogen-bond acceptors (Lipinski definition) is 6. The number of nitrogens with zero attached hydrogens (tertiary/aromatic N) is 4. The van der Waals surface area contributed by atoms with E-state index in [1.807, 2.05) is 0 Å². The summed E-state index contributed by atoms with van der Waals surface area (Å²) < 4.78 is 10.6. The molecule has 1 aromatic heterocycles. The summed E-state index contributed by atoms with van der Waals surface area (Å²) in [5.41, 5.74) is 2.71. The monoisotopic (exact) mass is 490 g/mol. The van der Waals surface area contributed by atoms with Gasteiger partial charge in [0.2, 0.25) is 0 Å². The molecule has 0 radical (unpaired) electrons. The van der Waals surface area contributed by atoms with Gasteiger partial charge in [-0.2, -0.15) is 0 Å². The second-order valence-electron chi connectivity index (χ2n) is 9.48. The first-order chi connectivity index (χ1) is 17.6. The lowest BCUT2D eigenvalue weighted by Gasteiger charge is -2.28. The third-order valence-corrected chi connectivity index (χ3v) is 6.75. The summed E-state index contributed by atoms with van der Waals surface area (Å²) in [6, 6.07) is 23.6. The maximum Gasteiger partial charge on any atom is 0.133 e. The largest absolute Gasteiger partial charge is 0.385 e. The fourth-order valence-electron chi connectivity index (χ4n) is 4.73. The van der Waals surface area contributed by atoms with Gasteiger partial charge in [-0.3, -0.25) is 0 Å². The van der Waals surface area contributed by atoms with Crippen molar-refractivity contribution >= 4 is 11.6 Å². The Labute approximate surface area is 217 Å². The van der Waals surface area contributed by atoms with Gasteiger partial charge < -0.3 is 19.3 Å². The molecule has 2 unspecified atom stereocenters. The highest BCUT2D eigenvalue weighted by atomic mass is 16.5. The molecular weight excluding hydrogens is 448 g/mol. The summed E-state index contributed by atoms with van der Waals surface area (Å²) in [4.78, 5) is 13.7. The van der Waals surface area contributed by atoms with Gasteiger partial charge in [0.25, 0.3) is 0 Å². The predicted molar refractivity (Wildman–Crippen MR) is 149 cm³/mol. The van der Waals surface area contributed by atoms with Crippen LogP contribution in [-0.4, -0.2) is 64.6 Å². The molecule has 0 N–H and O–H groups in total. The zero-order chi connectivity index (χ0) is 25.6. The van der Waals surface area contributed by atoms with Gasteiger partial charge in [-0.25, -0.2) is 9.97 Å². The maximum absolute atomic E-state index is 5.31. The molecule has 2 atom stereocenters. The Kier molecular flexibility index (Phi) is 11.7. The minimum absolute atomic E-state index is 0.408. The fraction of sp³-hybridized carbons (Fsp3) is 0.467. The summed E-state index contributed by atoms with van der Waals surface area (Å²) in [7, 11) is 7.77. The van der Waals surface area contributed by atoms with E-state index < -0.39 is 0 Å². The van der Waals surface area contributed by atoms with E-state index in [0.717, 1.165) is 63.6 Å². The normalized spacial score (nSPS) is 12.8. The number of hydrogen-bond donors (Lipinski definition) is 0. The zero-order valence-electron chi connectivity index (χ0n) is 22.3. The van der Waals surface area contributed by atoms with Gasteiger partial charge in [0.1, 0.15) is 18.0 Å². The standard InChI is InChI=1S/C30H42N4O2/c1-33(22-27(17-11-19-35-3)25-13-7-5-8-14-25)29-21-30(32-24-31-29)34(2)23-28(18-12-20-36-4)26-15-9-6-10-16-26/h5-10,13-16,21,24,27-28H,11-12,17-20,22-23H2,1-4H3. The van der Waals surface area contributed by atoms with Crippen molar-refractivity contribution in [2.45, 2.75) is 37.5 Å². The van der Waals surface area contributed by atoms with Crippen LogP contribution in [0.15, 0.2) is 73.1 Å². The highest BCUT2D eigenvalue weighted by Crippen LogP contribution is 2.27. The lowest BCUT2D eigenvalue weighted by Crippen LogP contribution is -2.28. The second kappa shape index (κ2) is 15.2. The van der Waals surface area contributed by atoms with Crippen LogP contribution >= 0.6 is 0 Å². The van der Waals surface area contributed by atoms with Crippen LogP contribution in [0.5, 0.6) is 0 Å². The topological polar surface area (TPSA) is 50.7 Å². The smallest absolute Gasteiger partial charge is 0.133 e. The van der Waals surface area contributed by atoms with Crippen LogP contribution in [-0.2, 0) is 9.47 Å². The summed E-state index contributed by atoms with van der Waals surface area (Å²) in [5, 5.41) is 0. The Hall–Kier alpha value is -2.96. The van der Waals surface area contributed by atoms with Crippen molar-refractivity contribution in [3.05, 3.63) is 84.2 Å². The molecule has 0 amide bonds. The van der Waals surface area contributed by atoms with Gasteiger partial charge in [0.15, 0.2) is 0 Å². The van der Waals surface area contributed by atoms with Crippen LogP contribution in [0.4, 0.5) is 11.6 Å². The second-order valence-corrected chi connectivity index (χ2v) is 9.48. The van der Waals surface area contributed by atoms with Crippen molar-refractivity contribution < 1.29 is 9.47 Å². The third kappa shape index (κ3) is 8.61. The average molecular weight is 491 g/mol. The van der Waals surface area contributed by atoms with Crippen LogP contribution in [0.2, 0.25) is 0 Å². The maximum atomic E-state index is 5.31. The van der Waals surface area contributed by atoms with E-state index in [0.29, 0.717) is 11.8 Å². The molecule has 6 nitrogen and oxygen atoms in total. The number of rotatable bonds is 16. The summed E-state index contributed by atoms with van der Waals surface area (Å²) in [6.45, 7) is 3.33. The Morgan fingerprint density at radius 2 is 1.08 bits per heavy atom. The minimum atomic E-state index is 0.408. The Balaban J connectivity index is 1.70. The van der Waals surface area contributed by atoms with E-state index in [9.17, 15) is 0 Å². The van der Waals surface area contributed by atoms with E-state index in [2.05, 4.69) is 101 Å². The van der Waals surface area contributed by atoms with Crippen LogP contribution < -0.4 is 9.80 Å². The highest BCUT2D eigenvalue weighted by Gasteiger charge is 2.18. The average Bonchev–Trinajstić information content (AvgIpc) is 2.93. The lowest BCUT2D eigenvalue weighted by molar-refractivity contribution is 0.190. The van der Waals surface area contributed by atoms with E-state index in [4.69, 9.17) is 9.47 Å². The quantitative estimate of drug-likeness (QED) is 0.238. The molecule has 194 valence electrons. The molecule has 1 heterocycles. The van der Waals surface area contributed by atoms with Crippen molar-refractivity contribution in [2.24, 2.45) is 0 Å². The number of aromatic nitrogens is 2. The molecule has 2 aromatic carbocycles. The van der Waals surface area contributed by atoms with E-state index >= 15 is 0 Å². The number of likely N-dealkylation sites (N-methyl/N-ethyl adjacent to an activating group) is 2. The molecule has 0 saturated carbocycles. The molecule has 0 aliphatic rings. The fourth-order valence-corrected chi connectivity index (χ4v) is 4.73. The van der Waals surface area contributed by atoms with Gasteiger partial charge in [-0.05, 0) is 36.8 Å². The Bertz CT molecular complexity index is 910. The van der Waals surface area contributed by atoms with Crippen molar-refractivity contribution in [2.75, 3.05) is 64.4 Å². The molecule has 0 aliphatic carbocycles.